The quantitative estimate of drug-likeness (QED) is 0.688. The highest BCUT2D eigenvalue weighted by Crippen LogP contribution is 1.94. The molecule has 4 nitrogen and oxygen atoms in total. The number of imidazole rings is 1. The van der Waals surface area contributed by atoms with Crippen LogP contribution >= 0.6 is 0 Å². The van der Waals surface area contributed by atoms with E-state index in [0.717, 1.165) is 25.9 Å². The second-order valence-electron chi connectivity index (χ2n) is 3.31. The minimum Gasteiger partial charge on any atom is -0.337 e. The molecule has 1 aromatic heterocycles. The highest BCUT2D eigenvalue weighted by Gasteiger charge is 1.96. The molecule has 1 atom stereocenters. The Balaban J connectivity index is 1.98. The Morgan fingerprint density at radius 2 is 2.43 bits per heavy atom. The van der Waals surface area contributed by atoms with Crippen molar-refractivity contribution in [3.05, 3.63) is 18.7 Å². The van der Waals surface area contributed by atoms with Crippen LogP contribution in [0.4, 0.5) is 0 Å². The van der Waals surface area contributed by atoms with Crippen LogP contribution in [-0.4, -0.2) is 22.1 Å². The molecule has 1 unspecified atom stereocenters. The average Bonchev–Trinajstić information content (AvgIpc) is 2.69. The second kappa shape index (κ2) is 6.17. The van der Waals surface area contributed by atoms with Gasteiger partial charge in [-0.25, -0.2) is 4.98 Å². The lowest BCUT2D eigenvalue weighted by molar-refractivity contribution is 0.553. The summed E-state index contributed by atoms with van der Waals surface area (Å²) in [6.07, 6.45) is 7.78. The molecule has 76 valence electrons. The SMILES string of the molecule is CC(C#N)NCCCCn1ccnc1. The van der Waals surface area contributed by atoms with Gasteiger partial charge < -0.3 is 9.88 Å². The Morgan fingerprint density at radius 1 is 1.57 bits per heavy atom. The fourth-order valence-electron chi connectivity index (χ4n) is 1.20. The van der Waals surface area contributed by atoms with E-state index in [-0.39, 0.29) is 6.04 Å². The number of rotatable bonds is 6. The van der Waals surface area contributed by atoms with Gasteiger partial charge in [-0.05, 0) is 26.3 Å². The summed E-state index contributed by atoms with van der Waals surface area (Å²) in [7, 11) is 0. The summed E-state index contributed by atoms with van der Waals surface area (Å²) >= 11 is 0. The molecule has 1 heterocycles. The molecule has 0 fully saturated rings. The van der Waals surface area contributed by atoms with Gasteiger partial charge in [0.05, 0.1) is 18.4 Å². The molecule has 0 aromatic carbocycles. The molecular formula is C10H16N4. The minimum absolute atomic E-state index is 0.0387. The number of nitrogens with one attached hydrogen (secondary N) is 1. The van der Waals surface area contributed by atoms with Crippen molar-refractivity contribution in [3.8, 4) is 6.07 Å². The number of nitrogens with zero attached hydrogens (tertiary/aromatic N) is 3. The van der Waals surface area contributed by atoms with E-state index in [1.54, 1.807) is 6.20 Å². The Morgan fingerprint density at radius 3 is 3.07 bits per heavy atom. The van der Waals surface area contributed by atoms with Crippen molar-refractivity contribution in [3.63, 3.8) is 0 Å². The summed E-state index contributed by atoms with van der Waals surface area (Å²) in [6, 6.07) is 2.10. The van der Waals surface area contributed by atoms with E-state index >= 15 is 0 Å². The number of nitriles is 1. The van der Waals surface area contributed by atoms with E-state index < -0.39 is 0 Å². The second-order valence-corrected chi connectivity index (χ2v) is 3.31. The molecule has 0 saturated carbocycles. The standard InChI is InChI=1S/C10H16N4/c1-10(8-11)13-4-2-3-6-14-7-5-12-9-14/h5,7,9-10,13H,2-4,6H2,1H3. The molecular weight excluding hydrogens is 176 g/mol. The summed E-state index contributed by atoms with van der Waals surface area (Å²) in [5, 5.41) is 11.6. The first-order chi connectivity index (χ1) is 6.83. The van der Waals surface area contributed by atoms with Gasteiger partial charge >= 0.3 is 0 Å². The maximum Gasteiger partial charge on any atom is 0.0945 e. The summed E-state index contributed by atoms with van der Waals surface area (Å²) in [4.78, 5) is 3.97. The van der Waals surface area contributed by atoms with Gasteiger partial charge in [0.2, 0.25) is 0 Å². The molecule has 0 radical (unpaired) electrons. The van der Waals surface area contributed by atoms with Gasteiger partial charge in [-0.1, -0.05) is 0 Å². The molecule has 1 N–H and O–H groups in total. The lowest BCUT2D eigenvalue weighted by Gasteiger charge is -2.05. The first kappa shape index (κ1) is 10.7. The van der Waals surface area contributed by atoms with E-state index in [9.17, 15) is 0 Å². The Bertz CT molecular complexity index is 273. The van der Waals surface area contributed by atoms with Crippen LogP contribution in [0.25, 0.3) is 0 Å². The lowest BCUT2D eigenvalue weighted by atomic mass is 10.3. The molecule has 0 spiro atoms. The van der Waals surface area contributed by atoms with Crippen LogP contribution in [0.1, 0.15) is 19.8 Å². The van der Waals surface area contributed by atoms with Crippen LogP contribution in [0, 0.1) is 11.3 Å². The van der Waals surface area contributed by atoms with E-state index in [2.05, 4.69) is 20.9 Å². The van der Waals surface area contributed by atoms with E-state index in [4.69, 9.17) is 5.26 Å². The third-order valence-electron chi connectivity index (χ3n) is 2.05. The predicted octanol–water partition coefficient (Wildman–Crippen LogP) is 1.16. The van der Waals surface area contributed by atoms with E-state index in [1.165, 1.54) is 0 Å². The summed E-state index contributed by atoms with van der Waals surface area (Å²) in [5.74, 6) is 0. The summed E-state index contributed by atoms with van der Waals surface area (Å²) in [5.41, 5.74) is 0. The summed E-state index contributed by atoms with van der Waals surface area (Å²) < 4.78 is 2.06. The van der Waals surface area contributed by atoms with Gasteiger partial charge in [0.1, 0.15) is 0 Å². The first-order valence-corrected chi connectivity index (χ1v) is 4.91. The van der Waals surface area contributed by atoms with Crippen LogP contribution in [0.2, 0.25) is 0 Å². The van der Waals surface area contributed by atoms with Gasteiger partial charge in [0.15, 0.2) is 0 Å². The fraction of sp³-hybridized carbons (Fsp3) is 0.600. The van der Waals surface area contributed by atoms with Crippen LogP contribution in [0.3, 0.4) is 0 Å². The number of hydrogen-bond acceptors (Lipinski definition) is 3. The molecule has 0 aliphatic heterocycles. The van der Waals surface area contributed by atoms with Gasteiger partial charge in [-0.2, -0.15) is 5.26 Å². The molecule has 0 aliphatic rings. The molecule has 0 amide bonds. The maximum atomic E-state index is 8.52. The average molecular weight is 192 g/mol. The Kier molecular flexibility index (Phi) is 4.73. The smallest absolute Gasteiger partial charge is 0.0945 e. The molecule has 1 aromatic rings. The highest BCUT2D eigenvalue weighted by molar-refractivity contribution is 4.84. The maximum absolute atomic E-state index is 8.52. The summed E-state index contributed by atoms with van der Waals surface area (Å²) in [6.45, 7) is 3.78. The third-order valence-corrected chi connectivity index (χ3v) is 2.05. The predicted molar refractivity (Wildman–Crippen MR) is 54.5 cm³/mol. The zero-order valence-electron chi connectivity index (χ0n) is 8.48. The highest BCUT2D eigenvalue weighted by atomic mass is 15.0. The zero-order chi connectivity index (χ0) is 10.2. The van der Waals surface area contributed by atoms with Crippen molar-refractivity contribution in [2.24, 2.45) is 0 Å². The number of unbranched alkanes of at least 4 members (excludes halogenated alkanes) is 1. The molecule has 14 heavy (non-hydrogen) atoms. The van der Waals surface area contributed by atoms with Crippen LogP contribution in [0.15, 0.2) is 18.7 Å². The van der Waals surface area contributed by atoms with Crippen molar-refractivity contribution in [2.75, 3.05) is 6.54 Å². The molecule has 0 saturated heterocycles. The first-order valence-electron chi connectivity index (χ1n) is 4.91. The van der Waals surface area contributed by atoms with Crippen molar-refractivity contribution >= 4 is 0 Å². The Hall–Kier alpha value is -1.34. The van der Waals surface area contributed by atoms with Gasteiger partial charge in [0, 0.05) is 18.9 Å². The van der Waals surface area contributed by atoms with Gasteiger partial charge in [0.25, 0.3) is 0 Å². The van der Waals surface area contributed by atoms with Crippen LogP contribution in [0.5, 0.6) is 0 Å². The monoisotopic (exact) mass is 192 g/mol. The van der Waals surface area contributed by atoms with Crippen molar-refractivity contribution in [2.45, 2.75) is 32.4 Å². The minimum atomic E-state index is -0.0387. The van der Waals surface area contributed by atoms with E-state index in [0.29, 0.717) is 0 Å². The van der Waals surface area contributed by atoms with Crippen LogP contribution in [-0.2, 0) is 6.54 Å². The number of hydrogen-bond donors (Lipinski definition) is 1. The Labute approximate surface area is 84.6 Å². The molecule has 0 bridgehead atoms. The number of aryl methyl sites for hydroxylation is 1. The molecule has 0 aliphatic carbocycles. The van der Waals surface area contributed by atoms with Crippen molar-refractivity contribution < 1.29 is 0 Å². The third kappa shape index (κ3) is 4.06. The molecule has 1 rings (SSSR count). The normalized spacial score (nSPS) is 12.3. The van der Waals surface area contributed by atoms with Gasteiger partial charge in [-0.15, -0.1) is 0 Å². The van der Waals surface area contributed by atoms with E-state index in [1.807, 2.05) is 19.4 Å². The van der Waals surface area contributed by atoms with Crippen molar-refractivity contribution in [1.82, 2.24) is 14.9 Å². The largest absolute Gasteiger partial charge is 0.337 e. The molecule has 4 heteroatoms. The zero-order valence-corrected chi connectivity index (χ0v) is 8.48. The van der Waals surface area contributed by atoms with Gasteiger partial charge in [-0.3, -0.25) is 0 Å². The van der Waals surface area contributed by atoms with Crippen LogP contribution < -0.4 is 5.32 Å². The topological polar surface area (TPSA) is 53.6 Å². The lowest BCUT2D eigenvalue weighted by Crippen LogP contribution is -2.25. The fourth-order valence-corrected chi connectivity index (χ4v) is 1.20. The number of aromatic nitrogens is 2. The van der Waals surface area contributed by atoms with Crippen molar-refractivity contribution in [1.29, 1.82) is 5.26 Å².